The molecule has 2 N–H and O–H groups in total. The van der Waals surface area contributed by atoms with Crippen LogP contribution in [0.3, 0.4) is 0 Å². The number of nitrogens with one attached hydrogen (secondary N) is 2. The number of alkyl halides is 3. The van der Waals surface area contributed by atoms with Gasteiger partial charge in [0.2, 0.25) is 5.91 Å². The second-order valence-electron chi connectivity index (χ2n) is 4.81. The Balaban J connectivity index is 0.00000220. The summed E-state index contributed by atoms with van der Waals surface area (Å²) in [6.45, 7) is 0.850. The Morgan fingerprint density at radius 2 is 2.00 bits per heavy atom. The highest BCUT2D eigenvalue weighted by Crippen LogP contribution is 2.36. The lowest BCUT2D eigenvalue weighted by molar-refractivity contribution is -0.137. The molecule has 1 aliphatic rings. The molecule has 0 radical (unpaired) electrons. The molecule has 0 saturated heterocycles. The number of carbonyl (C=O) groups is 1. The van der Waals surface area contributed by atoms with Crippen molar-refractivity contribution in [1.82, 2.24) is 5.32 Å². The van der Waals surface area contributed by atoms with Crippen molar-refractivity contribution >= 4 is 35.6 Å². The molecule has 8 heteroatoms. The van der Waals surface area contributed by atoms with E-state index in [1.807, 2.05) is 0 Å². The lowest BCUT2D eigenvalue weighted by Crippen LogP contribution is -2.29. The van der Waals surface area contributed by atoms with Gasteiger partial charge in [-0.05, 0) is 43.5 Å². The maximum Gasteiger partial charge on any atom is 0.417 e. The zero-order valence-corrected chi connectivity index (χ0v) is 12.5. The summed E-state index contributed by atoms with van der Waals surface area (Å²) in [6, 6.07) is 3.30. The summed E-state index contributed by atoms with van der Waals surface area (Å²) >= 11 is 5.50. The van der Waals surface area contributed by atoms with Crippen LogP contribution >= 0.6 is 24.0 Å². The van der Waals surface area contributed by atoms with Crippen molar-refractivity contribution in [2.45, 2.75) is 19.0 Å². The van der Waals surface area contributed by atoms with Crippen LogP contribution in [-0.2, 0) is 11.0 Å². The lowest BCUT2D eigenvalue weighted by atomic mass is 10.2. The first-order chi connectivity index (χ1) is 9.36. The largest absolute Gasteiger partial charge is 0.417 e. The molecule has 0 aliphatic heterocycles. The van der Waals surface area contributed by atoms with Gasteiger partial charge in [0.05, 0.1) is 17.1 Å². The molecule has 118 valence electrons. The summed E-state index contributed by atoms with van der Waals surface area (Å²) in [5.41, 5.74) is -0.872. The summed E-state index contributed by atoms with van der Waals surface area (Å²) in [4.78, 5) is 11.6. The van der Waals surface area contributed by atoms with Crippen LogP contribution in [-0.4, -0.2) is 19.0 Å². The smallest absolute Gasteiger partial charge is 0.325 e. The van der Waals surface area contributed by atoms with E-state index in [0.717, 1.165) is 18.7 Å². The third-order valence-corrected chi connectivity index (χ3v) is 3.30. The van der Waals surface area contributed by atoms with Crippen LogP contribution in [0.25, 0.3) is 0 Å². The molecule has 0 heterocycles. The molecule has 3 nitrogen and oxygen atoms in total. The van der Waals surface area contributed by atoms with Crippen molar-refractivity contribution in [3.63, 3.8) is 0 Å². The van der Waals surface area contributed by atoms with Gasteiger partial charge in [-0.1, -0.05) is 11.6 Å². The Bertz CT molecular complexity index is 505. The predicted octanol–water partition coefficient (Wildman–Crippen LogP) is 3.72. The van der Waals surface area contributed by atoms with Crippen molar-refractivity contribution in [2.75, 3.05) is 18.4 Å². The zero-order chi connectivity index (χ0) is 14.8. The van der Waals surface area contributed by atoms with E-state index in [0.29, 0.717) is 5.92 Å². The van der Waals surface area contributed by atoms with E-state index in [1.54, 1.807) is 0 Å². The van der Waals surface area contributed by atoms with E-state index in [-0.39, 0.29) is 35.6 Å². The summed E-state index contributed by atoms with van der Waals surface area (Å²) in [6.07, 6.45) is -2.20. The quantitative estimate of drug-likeness (QED) is 0.856. The minimum atomic E-state index is -4.54. The van der Waals surface area contributed by atoms with Crippen molar-refractivity contribution in [3.8, 4) is 0 Å². The molecular weight excluding hydrogens is 328 g/mol. The SMILES string of the molecule is Cl.O=C(CNCC1CC1)Nc1ccc(Cl)c(C(F)(F)F)c1. The summed E-state index contributed by atoms with van der Waals surface area (Å²) < 4.78 is 38.0. The second kappa shape index (κ2) is 7.33. The number of benzene rings is 1. The molecule has 2 rings (SSSR count). The van der Waals surface area contributed by atoms with Crippen LogP contribution in [0.4, 0.5) is 18.9 Å². The van der Waals surface area contributed by atoms with Crippen molar-refractivity contribution in [2.24, 2.45) is 5.92 Å². The van der Waals surface area contributed by atoms with Gasteiger partial charge < -0.3 is 10.6 Å². The van der Waals surface area contributed by atoms with Crippen molar-refractivity contribution in [3.05, 3.63) is 28.8 Å². The first-order valence-electron chi connectivity index (χ1n) is 6.23. The Morgan fingerprint density at radius 3 is 2.57 bits per heavy atom. The molecule has 1 amide bonds. The number of amides is 1. The van der Waals surface area contributed by atoms with E-state index in [4.69, 9.17) is 11.6 Å². The Hall–Kier alpha value is -0.980. The van der Waals surface area contributed by atoms with Crippen LogP contribution in [0.15, 0.2) is 18.2 Å². The van der Waals surface area contributed by atoms with Gasteiger partial charge in [-0.25, -0.2) is 0 Å². The monoisotopic (exact) mass is 342 g/mol. The van der Waals surface area contributed by atoms with Gasteiger partial charge in [0.1, 0.15) is 0 Å². The Morgan fingerprint density at radius 1 is 1.33 bits per heavy atom. The summed E-state index contributed by atoms with van der Waals surface area (Å²) in [5, 5.41) is 4.99. The van der Waals surface area contributed by atoms with Crippen molar-refractivity contribution < 1.29 is 18.0 Å². The first kappa shape index (κ1) is 18.1. The number of anilines is 1. The highest BCUT2D eigenvalue weighted by Gasteiger charge is 2.33. The molecule has 1 aliphatic carbocycles. The fraction of sp³-hybridized carbons (Fsp3) is 0.462. The first-order valence-corrected chi connectivity index (χ1v) is 6.61. The van der Waals surface area contributed by atoms with E-state index in [9.17, 15) is 18.0 Å². The third-order valence-electron chi connectivity index (χ3n) is 2.97. The molecular formula is C13H15Cl2F3N2O. The Kier molecular flexibility index (Phi) is 6.31. The number of carbonyl (C=O) groups excluding carboxylic acids is 1. The molecule has 0 spiro atoms. The topological polar surface area (TPSA) is 41.1 Å². The molecule has 0 bridgehead atoms. The van der Waals surface area contributed by atoms with Crippen LogP contribution < -0.4 is 10.6 Å². The summed E-state index contributed by atoms with van der Waals surface area (Å²) in [7, 11) is 0. The molecule has 0 unspecified atom stereocenters. The number of rotatable bonds is 5. The molecule has 1 fully saturated rings. The van der Waals surface area contributed by atoms with Crippen LogP contribution in [0, 0.1) is 5.92 Å². The average Bonchev–Trinajstić information content (AvgIpc) is 3.14. The van der Waals surface area contributed by atoms with Gasteiger partial charge in [0, 0.05) is 5.69 Å². The zero-order valence-electron chi connectivity index (χ0n) is 11.0. The van der Waals surface area contributed by atoms with Crippen molar-refractivity contribution in [1.29, 1.82) is 0 Å². The van der Waals surface area contributed by atoms with Crippen LogP contribution in [0.2, 0.25) is 5.02 Å². The van der Waals surface area contributed by atoms with E-state index < -0.39 is 11.7 Å². The van der Waals surface area contributed by atoms with E-state index in [2.05, 4.69) is 10.6 Å². The molecule has 1 aromatic carbocycles. The van der Waals surface area contributed by atoms with Gasteiger partial charge >= 0.3 is 6.18 Å². The van der Waals surface area contributed by atoms with Crippen LogP contribution in [0.5, 0.6) is 0 Å². The van der Waals surface area contributed by atoms with E-state index in [1.165, 1.54) is 18.9 Å². The molecule has 1 saturated carbocycles. The molecule has 0 atom stereocenters. The predicted molar refractivity (Wildman–Crippen MR) is 77.9 cm³/mol. The van der Waals surface area contributed by atoms with Gasteiger partial charge in [0.25, 0.3) is 0 Å². The second-order valence-corrected chi connectivity index (χ2v) is 5.22. The number of hydrogen-bond acceptors (Lipinski definition) is 2. The van der Waals surface area contributed by atoms with Gasteiger partial charge in [0.15, 0.2) is 0 Å². The minimum absolute atomic E-state index is 0. The lowest BCUT2D eigenvalue weighted by Gasteiger charge is -2.12. The average molecular weight is 343 g/mol. The highest BCUT2D eigenvalue weighted by molar-refractivity contribution is 6.31. The highest BCUT2D eigenvalue weighted by atomic mass is 35.5. The standard InChI is InChI=1S/C13H14ClF3N2O.ClH/c14-11-4-3-9(5-10(11)13(15,16)17)19-12(20)7-18-6-8-1-2-8;/h3-5,8,18H,1-2,6-7H2,(H,19,20);1H. The fourth-order valence-electron chi connectivity index (χ4n) is 1.74. The maximum absolute atomic E-state index is 12.7. The molecule has 0 aromatic heterocycles. The van der Waals surface area contributed by atoms with Gasteiger partial charge in [-0.3, -0.25) is 4.79 Å². The third kappa shape index (κ3) is 5.73. The molecule has 1 aromatic rings. The number of halogens is 5. The van der Waals surface area contributed by atoms with Gasteiger partial charge in [-0.15, -0.1) is 12.4 Å². The Labute approximate surface area is 131 Å². The van der Waals surface area contributed by atoms with E-state index >= 15 is 0 Å². The normalized spacial score (nSPS) is 14.5. The number of hydrogen-bond donors (Lipinski definition) is 2. The summed E-state index contributed by atoms with van der Waals surface area (Å²) in [5.74, 6) is 0.260. The molecule has 21 heavy (non-hydrogen) atoms. The minimum Gasteiger partial charge on any atom is -0.325 e. The fourth-order valence-corrected chi connectivity index (χ4v) is 1.96. The van der Waals surface area contributed by atoms with Gasteiger partial charge in [-0.2, -0.15) is 13.2 Å². The maximum atomic E-state index is 12.7. The van der Waals surface area contributed by atoms with Crippen LogP contribution in [0.1, 0.15) is 18.4 Å².